The van der Waals surface area contributed by atoms with Crippen molar-refractivity contribution in [3.05, 3.63) is 54.6 Å². The molecule has 0 aliphatic heterocycles. The van der Waals surface area contributed by atoms with Crippen LogP contribution in [0.25, 0.3) is 11.1 Å². The number of aliphatic hydroxyl groups excluding tert-OH is 2. The predicted molar refractivity (Wildman–Crippen MR) is 79.8 cm³/mol. The van der Waals surface area contributed by atoms with Crippen LogP contribution in [0.1, 0.15) is 6.92 Å². The molecule has 0 unspecified atom stereocenters. The second-order valence-electron chi connectivity index (χ2n) is 5.16. The van der Waals surface area contributed by atoms with E-state index in [9.17, 15) is 4.79 Å². The molecule has 0 amide bonds. The van der Waals surface area contributed by atoms with Gasteiger partial charge in [-0.15, -0.1) is 0 Å². The van der Waals surface area contributed by atoms with Crippen LogP contribution in [0.2, 0.25) is 0 Å². The van der Waals surface area contributed by atoms with Gasteiger partial charge in [-0.3, -0.25) is 4.79 Å². The molecule has 0 radical (unpaired) electrons. The molecule has 4 nitrogen and oxygen atoms in total. The summed E-state index contributed by atoms with van der Waals surface area (Å²) < 4.78 is 5.19. The largest absolute Gasteiger partial charge is 0.426 e. The lowest BCUT2D eigenvalue weighted by Gasteiger charge is -2.21. The molecule has 0 atom stereocenters. The molecule has 21 heavy (non-hydrogen) atoms. The van der Waals surface area contributed by atoms with Crippen LogP contribution in [0.4, 0.5) is 0 Å². The molecule has 110 valence electrons. The van der Waals surface area contributed by atoms with Gasteiger partial charge in [-0.2, -0.15) is 0 Å². The summed E-state index contributed by atoms with van der Waals surface area (Å²) >= 11 is 0. The van der Waals surface area contributed by atoms with Crippen molar-refractivity contribution in [1.82, 2.24) is 0 Å². The SMILES string of the molecule is CC(CO)(CO)C(=O)Oc1ccc(-c2ccccc2)cc1. The summed E-state index contributed by atoms with van der Waals surface area (Å²) in [5, 5.41) is 18.3. The van der Waals surface area contributed by atoms with Crippen molar-refractivity contribution in [2.24, 2.45) is 5.41 Å². The summed E-state index contributed by atoms with van der Waals surface area (Å²) in [7, 11) is 0. The van der Waals surface area contributed by atoms with Crippen molar-refractivity contribution in [2.75, 3.05) is 13.2 Å². The maximum absolute atomic E-state index is 11.9. The van der Waals surface area contributed by atoms with Gasteiger partial charge in [0, 0.05) is 0 Å². The number of hydrogen-bond acceptors (Lipinski definition) is 4. The minimum atomic E-state index is -1.29. The molecule has 2 N–H and O–H groups in total. The first kappa shape index (κ1) is 15.2. The van der Waals surface area contributed by atoms with Crippen molar-refractivity contribution in [2.45, 2.75) is 6.92 Å². The quantitative estimate of drug-likeness (QED) is 0.653. The monoisotopic (exact) mass is 286 g/mol. The molecule has 0 aromatic heterocycles. The Hall–Kier alpha value is -2.17. The fourth-order valence-electron chi connectivity index (χ4n) is 1.76. The van der Waals surface area contributed by atoms with Crippen molar-refractivity contribution >= 4 is 5.97 Å². The minimum Gasteiger partial charge on any atom is -0.426 e. The third-order valence-electron chi connectivity index (χ3n) is 3.36. The van der Waals surface area contributed by atoms with Crippen LogP contribution < -0.4 is 4.74 Å². The number of benzene rings is 2. The highest BCUT2D eigenvalue weighted by molar-refractivity contribution is 5.79. The zero-order chi connectivity index (χ0) is 15.3. The molecule has 0 saturated carbocycles. The van der Waals surface area contributed by atoms with E-state index in [4.69, 9.17) is 14.9 Å². The zero-order valence-corrected chi connectivity index (χ0v) is 11.8. The van der Waals surface area contributed by atoms with E-state index in [1.165, 1.54) is 6.92 Å². The summed E-state index contributed by atoms with van der Waals surface area (Å²) in [6.45, 7) is 0.516. The first-order chi connectivity index (χ1) is 10.1. The topological polar surface area (TPSA) is 66.8 Å². The molecule has 0 saturated heterocycles. The Kier molecular flexibility index (Phi) is 4.73. The molecule has 2 rings (SSSR count). The Labute approximate surface area is 123 Å². The molecule has 2 aromatic rings. The van der Waals surface area contributed by atoms with E-state index in [1.807, 2.05) is 42.5 Å². The number of rotatable bonds is 5. The maximum Gasteiger partial charge on any atom is 0.321 e. The van der Waals surface area contributed by atoms with E-state index in [2.05, 4.69) is 0 Å². The molecule has 4 heteroatoms. The summed E-state index contributed by atoms with van der Waals surface area (Å²) in [5.41, 5.74) is 0.798. The van der Waals surface area contributed by atoms with Gasteiger partial charge in [0.05, 0.1) is 13.2 Å². The van der Waals surface area contributed by atoms with Gasteiger partial charge >= 0.3 is 5.97 Å². The number of carbonyl (C=O) groups excluding carboxylic acids is 1. The molecule has 2 aromatic carbocycles. The number of hydrogen-bond donors (Lipinski definition) is 2. The van der Waals surface area contributed by atoms with Gasteiger partial charge in [-0.25, -0.2) is 0 Å². The van der Waals surface area contributed by atoms with Gasteiger partial charge < -0.3 is 14.9 Å². The first-order valence-corrected chi connectivity index (χ1v) is 6.68. The van der Waals surface area contributed by atoms with E-state index in [-0.39, 0.29) is 0 Å². The summed E-state index contributed by atoms with van der Waals surface area (Å²) in [6, 6.07) is 16.9. The van der Waals surface area contributed by atoms with Crippen LogP contribution >= 0.6 is 0 Å². The van der Waals surface area contributed by atoms with Crippen molar-refractivity contribution in [3.63, 3.8) is 0 Å². The average molecular weight is 286 g/mol. The molecule has 0 bridgehead atoms. The highest BCUT2D eigenvalue weighted by atomic mass is 16.5. The Bertz CT molecular complexity index is 586. The highest BCUT2D eigenvalue weighted by Crippen LogP contribution is 2.24. The van der Waals surface area contributed by atoms with Gasteiger partial charge in [-0.1, -0.05) is 42.5 Å². The second-order valence-corrected chi connectivity index (χ2v) is 5.16. The van der Waals surface area contributed by atoms with Gasteiger partial charge in [0.15, 0.2) is 0 Å². The molecule has 0 fully saturated rings. The maximum atomic E-state index is 11.9. The van der Waals surface area contributed by atoms with Crippen LogP contribution in [-0.2, 0) is 4.79 Å². The van der Waals surface area contributed by atoms with Crippen LogP contribution in [-0.4, -0.2) is 29.4 Å². The van der Waals surface area contributed by atoms with Crippen LogP contribution in [0.3, 0.4) is 0 Å². The molecular formula is C17H18O4. The molecule has 0 aliphatic rings. The van der Waals surface area contributed by atoms with Crippen LogP contribution in [0, 0.1) is 5.41 Å². The van der Waals surface area contributed by atoms with Crippen molar-refractivity contribution < 1.29 is 19.7 Å². The van der Waals surface area contributed by atoms with E-state index in [0.717, 1.165) is 11.1 Å². The fraction of sp³-hybridized carbons (Fsp3) is 0.235. The van der Waals surface area contributed by atoms with Gasteiger partial charge in [-0.05, 0) is 30.2 Å². The summed E-state index contributed by atoms with van der Waals surface area (Å²) in [6.07, 6.45) is 0. The lowest BCUT2D eigenvalue weighted by atomic mass is 9.93. The smallest absolute Gasteiger partial charge is 0.321 e. The summed E-state index contributed by atoms with van der Waals surface area (Å²) in [5.74, 6) is -0.271. The van der Waals surface area contributed by atoms with Gasteiger partial charge in [0.2, 0.25) is 0 Å². The molecule has 0 heterocycles. The van der Waals surface area contributed by atoms with E-state index in [0.29, 0.717) is 5.75 Å². The van der Waals surface area contributed by atoms with Crippen molar-refractivity contribution in [1.29, 1.82) is 0 Å². The minimum absolute atomic E-state index is 0.382. The van der Waals surface area contributed by atoms with E-state index >= 15 is 0 Å². The zero-order valence-electron chi connectivity index (χ0n) is 11.8. The van der Waals surface area contributed by atoms with Crippen LogP contribution in [0.15, 0.2) is 54.6 Å². The lowest BCUT2D eigenvalue weighted by Crippen LogP contribution is -2.38. The van der Waals surface area contributed by atoms with Crippen molar-refractivity contribution in [3.8, 4) is 16.9 Å². The van der Waals surface area contributed by atoms with Gasteiger partial charge in [0.25, 0.3) is 0 Å². The third kappa shape index (κ3) is 3.48. The fourth-order valence-corrected chi connectivity index (χ4v) is 1.76. The Morgan fingerprint density at radius 2 is 1.48 bits per heavy atom. The van der Waals surface area contributed by atoms with E-state index < -0.39 is 24.6 Å². The highest BCUT2D eigenvalue weighted by Gasteiger charge is 2.34. The number of esters is 1. The summed E-state index contributed by atoms with van der Waals surface area (Å²) in [4.78, 5) is 11.9. The third-order valence-corrected chi connectivity index (χ3v) is 3.36. The number of aliphatic hydroxyl groups is 2. The Morgan fingerprint density at radius 3 is 2.00 bits per heavy atom. The molecular weight excluding hydrogens is 268 g/mol. The van der Waals surface area contributed by atoms with E-state index in [1.54, 1.807) is 12.1 Å². The Balaban J connectivity index is 2.12. The Morgan fingerprint density at radius 1 is 0.952 bits per heavy atom. The predicted octanol–water partition coefficient (Wildman–Crippen LogP) is 2.25. The molecule has 0 spiro atoms. The van der Waals surface area contributed by atoms with Gasteiger partial charge in [0.1, 0.15) is 11.2 Å². The number of carbonyl (C=O) groups is 1. The molecule has 0 aliphatic carbocycles. The van der Waals surface area contributed by atoms with Crippen LogP contribution in [0.5, 0.6) is 5.75 Å². The standard InChI is InChI=1S/C17H18O4/c1-17(11-18,12-19)16(20)21-15-9-7-14(8-10-15)13-5-3-2-4-6-13/h2-10,18-19H,11-12H2,1H3. The average Bonchev–Trinajstić information content (AvgIpc) is 2.55. The number of ether oxygens (including phenoxy) is 1. The second kappa shape index (κ2) is 6.52. The first-order valence-electron chi connectivity index (χ1n) is 6.68. The lowest BCUT2D eigenvalue weighted by molar-refractivity contribution is -0.149. The normalized spacial score (nSPS) is 11.2.